The first kappa shape index (κ1) is 11.5. The van der Waals surface area contributed by atoms with Crippen LogP contribution in [-0.2, 0) is 0 Å². The van der Waals surface area contributed by atoms with Crippen molar-refractivity contribution in [1.29, 1.82) is 0 Å². The van der Waals surface area contributed by atoms with Gasteiger partial charge in [0, 0.05) is 32.9 Å². The summed E-state index contributed by atoms with van der Waals surface area (Å²) in [6.45, 7) is 0. The Kier molecular flexibility index (Phi) is 2.64. The van der Waals surface area contributed by atoms with Gasteiger partial charge >= 0.3 is 0 Å². The van der Waals surface area contributed by atoms with Crippen LogP contribution >= 0.6 is 0 Å². The predicted molar refractivity (Wildman–Crippen MR) is 211 cm³/mol. The lowest BCUT2D eigenvalue weighted by molar-refractivity contribution is 1.18. The quantitative estimate of drug-likeness (QED) is 0.173. The highest BCUT2D eigenvalue weighted by Crippen LogP contribution is 2.39. The molecule has 10 aromatic rings. The molecular formula is C48H32N2. The molecule has 0 atom stereocenters. The second kappa shape index (κ2) is 11.5. The molecule has 0 amide bonds. The molecule has 0 saturated heterocycles. The Balaban J connectivity index is 1.44. The van der Waals surface area contributed by atoms with Gasteiger partial charge in [-0.1, -0.05) is 127 Å². The van der Waals surface area contributed by atoms with Gasteiger partial charge in [-0.15, -0.1) is 0 Å². The molecule has 2 aromatic heterocycles. The van der Waals surface area contributed by atoms with Crippen molar-refractivity contribution in [2.45, 2.75) is 0 Å². The van der Waals surface area contributed by atoms with Crippen molar-refractivity contribution >= 4 is 43.6 Å². The van der Waals surface area contributed by atoms with E-state index >= 15 is 0 Å². The van der Waals surface area contributed by atoms with Crippen molar-refractivity contribution in [2.24, 2.45) is 0 Å². The van der Waals surface area contributed by atoms with Gasteiger partial charge < -0.3 is 9.13 Å². The van der Waals surface area contributed by atoms with Crippen LogP contribution in [0.1, 0.15) is 41.1 Å². The molecule has 0 aliphatic heterocycles. The molecule has 0 bridgehead atoms. The largest absolute Gasteiger partial charge is 0.309 e. The maximum Gasteiger partial charge on any atom is 0.0651 e. The zero-order valence-electron chi connectivity index (χ0n) is 55.0. The molecule has 0 radical (unpaired) electrons. The number of hydrogen-bond acceptors (Lipinski definition) is 0. The molecule has 234 valence electrons. The standard InChI is InChI=1S/C48H32N2/c1-4-14-33(15-5-1)37-28-38(34-16-6-2-7-17-34)30-40(29-37)50-46-23-13-11-21-42(46)44-32-36(25-27-48(44)50)35-24-26-47-43(31-35)41-20-10-12-22-45(41)49(47)39-18-8-3-9-19-39/h1-32H/i1D,2D,3D,4D,5D,6D,7D,8D,9D,10D,11D,12D,13D,14D,16D,18D,19D,20D,21D,22D,23D,24D,25D,26D,27D,28D,29D,30D,31D,32D. The molecule has 8 aromatic carbocycles. The van der Waals surface area contributed by atoms with Crippen molar-refractivity contribution in [1.82, 2.24) is 9.13 Å². The highest BCUT2D eigenvalue weighted by Gasteiger charge is 2.17. The normalized spacial score (nSPS) is 20.0. The molecule has 0 spiro atoms. The summed E-state index contributed by atoms with van der Waals surface area (Å²) in [6.07, 6.45) is 0. The molecule has 0 aliphatic rings. The summed E-state index contributed by atoms with van der Waals surface area (Å²) in [6, 6.07) is -25.3. The van der Waals surface area contributed by atoms with Gasteiger partial charge in [0.15, 0.2) is 0 Å². The van der Waals surface area contributed by atoms with Gasteiger partial charge in [0.1, 0.15) is 0 Å². The maximum atomic E-state index is 9.96. The third kappa shape index (κ3) is 4.57. The van der Waals surface area contributed by atoms with Crippen LogP contribution in [0, 0.1) is 0 Å². The summed E-state index contributed by atoms with van der Waals surface area (Å²) in [4.78, 5) is 0. The van der Waals surface area contributed by atoms with E-state index in [1.165, 1.54) is 0 Å². The van der Waals surface area contributed by atoms with Gasteiger partial charge in [-0.3, -0.25) is 0 Å². The van der Waals surface area contributed by atoms with Crippen molar-refractivity contribution in [3.8, 4) is 44.8 Å². The van der Waals surface area contributed by atoms with Gasteiger partial charge in [-0.25, -0.2) is 0 Å². The fourth-order valence-corrected chi connectivity index (χ4v) is 5.75. The lowest BCUT2D eigenvalue weighted by Gasteiger charge is -2.14. The molecule has 0 fully saturated rings. The van der Waals surface area contributed by atoms with Crippen LogP contribution in [-0.4, -0.2) is 9.13 Å². The average Bonchev–Trinajstić information content (AvgIpc) is 3.96. The summed E-state index contributed by atoms with van der Waals surface area (Å²) in [5.74, 6) is 0. The minimum Gasteiger partial charge on any atom is -0.309 e. The summed E-state index contributed by atoms with van der Waals surface area (Å²) < 4.78 is 271. The van der Waals surface area contributed by atoms with E-state index < -0.39 is 270 Å². The third-order valence-corrected chi connectivity index (χ3v) is 7.87. The number of rotatable bonds is 5. The van der Waals surface area contributed by atoms with Gasteiger partial charge in [-0.05, 0) is 99.8 Å². The van der Waals surface area contributed by atoms with Crippen molar-refractivity contribution in [3.05, 3.63) is 193 Å². The number of nitrogens with zero attached hydrogens (tertiary/aromatic N) is 2. The van der Waals surface area contributed by atoms with Crippen LogP contribution in [0.15, 0.2) is 193 Å². The van der Waals surface area contributed by atoms with Crippen molar-refractivity contribution in [2.75, 3.05) is 0 Å². The summed E-state index contributed by atoms with van der Waals surface area (Å²) in [5, 5.41) is -2.52. The smallest absolute Gasteiger partial charge is 0.0651 e. The van der Waals surface area contributed by atoms with E-state index in [1.807, 2.05) is 0 Å². The molecule has 0 aliphatic carbocycles. The van der Waals surface area contributed by atoms with E-state index in [-0.39, 0.29) is 0 Å². The Morgan fingerprint density at radius 2 is 0.720 bits per heavy atom. The predicted octanol–water partition coefficient (Wildman–Crippen LogP) is 12.9. The second-order valence-electron chi connectivity index (χ2n) is 10.7. The minimum atomic E-state index is -1.09. The Hall–Kier alpha value is -6.64. The number of aromatic nitrogens is 2. The topological polar surface area (TPSA) is 9.86 Å². The molecule has 50 heavy (non-hydrogen) atoms. The van der Waals surface area contributed by atoms with E-state index in [0.29, 0.717) is 4.57 Å². The van der Waals surface area contributed by atoms with Gasteiger partial charge in [0.05, 0.1) is 63.2 Å². The minimum absolute atomic E-state index is 0.557. The van der Waals surface area contributed by atoms with Crippen molar-refractivity contribution < 1.29 is 41.1 Å². The second-order valence-corrected chi connectivity index (χ2v) is 10.7. The Morgan fingerprint density at radius 1 is 0.280 bits per heavy atom. The molecule has 0 N–H and O–H groups in total. The zero-order valence-corrected chi connectivity index (χ0v) is 25.0. The summed E-state index contributed by atoms with van der Waals surface area (Å²) in [7, 11) is 0. The fraction of sp³-hybridized carbons (Fsp3) is 0. The molecule has 2 nitrogen and oxygen atoms in total. The van der Waals surface area contributed by atoms with Crippen LogP contribution in [0.5, 0.6) is 0 Å². The number of para-hydroxylation sites is 3. The third-order valence-electron chi connectivity index (χ3n) is 7.87. The molecule has 2 heterocycles. The van der Waals surface area contributed by atoms with E-state index in [0.717, 1.165) is 16.7 Å². The van der Waals surface area contributed by atoms with Crippen molar-refractivity contribution in [3.63, 3.8) is 0 Å². The molecule has 0 unspecified atom stereocenters. The fourth-order valence-electron chi connectivity index (χ4n) is 5.75. The lowest BCUT2D eigenvalue weighted by atomic mass is 9.98. The van der Waals surface area contributed by atoms with E-state index in [4.69, 9.17) is 26.0 Å². The summed E-state index contributed by atoms with van der Waals surface area (Å²) >= 11 is 0. The first-order valence-electron chi connectivity index (χ1n) is 29.7. The number of benzene rings is 8. The van der Waals surface area contributed by atoms with Crippen LogP contribution in [0.2, 0.25) is 0 Å². The lowest BCUT2D eigenvalue weighted by Crippen LogP contribution is -1.96. The molecule has 0 saturated carbocycles. The van der Waals surface area contributed by atoms with Crippen LogP contribution in [0.3, 0.4) is 0 Å². The highest BCUT2D eigenvalue weighted by molar-refractivity contribution is 6.12. The molecule has 10 rings (SSSR count). The van der Waals surface area contributed by atoms with Gasteiger partial charge in [0.2, 0.25) is 0 Å². The Labute approximate surface area is 332 Å². The first-order valence-corrected chi connectivity index (χ1v) is 14.7. The SMILES string of the molecule is [2H]c1cc(-c2c([2H])c(-c3cc([2H])c([2H])c([2H])c3[2H])c([2H])c(-n3c4c([2H])c([2H])c([2H])c([2H])c4c4c([2H])c(-c5c([2H])c([2H])c6c(c5[2H])c5c([2H])c([2H])c([2H])c([2H])c5n6-c5c([2H])c([2H])c([2H])c([2H])c5[2H])c([2H])c([2H])c43)c2[2H])c([2H])c([2H])c1[2H]. The van der Waals surface area contributed by atoms with E-state index in [2.05, 4.69) is 0 Å². The van der Waals surface area contributed by atoms with Crippen LogP contribution in [0.4, 0.5) is 0 Å². The number of hydrogen-bond donors (Lipinski definition) is 0. The van der Waals surface area contributed by atoms with E-state index in [1.54, 1.807) is 0 Å². The van der Waals surface area contributed by atoms with E-state index in [9.17, 15) is 15.1 Å². The van der Waals surface area contributed by atoms with Gasteiger partial charge in [0.25, 0.3) is 0 Å². The number of fused-ring (bicyclic) bond motifs is 6. The Morgan fingerprint density at radius 3 is 1.28 bits per heavy atom. The highest BCUT2D eigenvalue weighted by atomic mass is 15.0. The van der Waals surface area contributed by atoms with Gasteiger partial charge in [-0.2, -0.15) is 0 Å². The van der Waals surface area contributed by atoms with Crippen LogP contribution in [0.25, 0.3) is 88.4 Å². The molecule has 2 heteroatoms. The maximum absolute atomic E-state index is 9.96. The van der Waals surface area contributed by atoms with Crippen LogP contribution < -0.4 is 0 Å². The monoisotopic (exact) mass is 666 g/mol. The average molecular weight is 667 g/mol. The zero-order chi connectivity index (χ0) is 59.1. The first-order chi connectivity index (χ1) is 37.3. The molecular weight excluding hydrogens is 605 g/mol. The summed E-state index contributed by atoms with van der Waals surface area (Å²) in [5.41, 5.74) is -8.56. The Bertz CT molecular complexity index is 4470.